The Morgan fingerprint density at radius 2 is 2.43 bits per heavy atom. The molecule has 5 nitrogen and oxygen atoms in total. The van der Waals surface area contributed by atoms with Gasteiger partial charge in [0.2, 0.25) is 5.91 Å². The fraction of sp³-hybridized carbons (Fsp3) is 0.750. The van der Waals surface area contributed by atoms with Gasteiger partial charge in [0.1, 0.15) is 0 Å². The van der Waals surface area contributed by atoms with Crippen LogP contribution in [0.15, 0.2) is 0 Å². The van der Waals surface area contributed by atoms with Crippen LogP contribution >= 0.6 is 11.8 Å². The second kappa shape index (κ2) is 3.68. The van der Waals surface area contributed by atoms with Crippen molar-refractivity contribution < 1.29 is 9.59 Å². The Bertz CT molecular complexity index is 271. The Morgan fingerprint density at radius 3 is 3.14 bits per heavy atom. The summed E-state index contributed by atoms with van der Waals surface area (Å²) in [6.07, 6.45) is 0.476. The number of thioether (sulfide) groups is 1. The quantitative estimate of drug-likeness (QED) is 0.533. The van der Waals surface area contributed by atoms with Crippen molar-refractivity contribution in [1.82, 2.24) is 16.0 Å². The zero-order chi connectivity index (χ0) is 10.1. The van der Waals surface area contributed by atoms with Gasteiger partial charge in [-0.2, -0.15) is 11.8 Å². The van der Waals surface area contributed by atoms with Crippen molar-refractivity contribution in [3.63, 3.8) is 0 Å². The van der Waals surface area contributed by atoms with Crippen LogP contribution in [-0.4, -0.2) is 42.1 Å². The van der Waals surface area contributed by atoms with Gasteiger partial charge < -0.3 is 16.0 Å². The minimum absolute atomic E-state index is 0.0318. The third kappa shape index (κ3) is 1.66. The summed E-state index contributed by atoms with van der Waals surface area (Å²) in [6.45, 7) is 0. The highest BCUT2D eigenvalue weighted by Crippen LogP contribution is 2.31. The zero-order valence-corrected chi connectivity index (χ0v) is 8.69. The summed E-state index contributed by atoms with van der Waals surface area (Å²) in [7, 11) is 1.63. The van der Waals surface area contributed by atoms with Crippen molar-refractivity contribution in [2.24, 2.45) is 0 Å². The molecule has 0 spiro atoms. The average molecular weight is 215 g/mol. The molecule has 0 saturated carbocycles. The molecule has 6 heteroatoms. The zero-order valence-electron chi connectivity index (χ0n) is 7.87. The first-order valence-corrected chi connectivity index (χ1v) is 5.65. The second-order valence-corrected chi connectivity index (χ2v) is 4.77. The Kier molecular flexibility index (Phi) is 2.54. The number of nitrogens with one attached hydrogen (secondary N) is 3. The van der Waals surface area contributed by atoms with Crippen LogP contribution in [0.25, 0.3) is 0 Å². The first kappa shape index (κ1) is 9.64. The van der Waals surface area contributed by atoms with Gasteiger partial charge in [0.15, 0.2) is 0 Å². The molecule has 2 fully saturated rings. The molecular weight excluding hydrogens is 202 g/mol. The normalized spacial score (nSPS) is 34.6. The van der Waals surface area contributed by atoms with E-state index in [1.54, 1.807) is 18.8 Å². The van der Waals surface area contributed by atoms with Gasteiger partial charge in [-0.25, -0.2) is 4.79 Å². The van der Waals surface area contributed by atoms with Crippen molar-refractivity contribution >= 4 is 23.7 Å². The fourth-order valence-corrected chi connectivity index (χ4v) is 3.33. The summed E-state index contributed by atoms with van der Waals surface area (Å²) >= 11 is 1.74. The summed E-state index contributed by atoms with van der Waals surface area (Å²) in [5.41, 5.74) is 0. The SMILES string of the molecule is CNC(=O)C[C@@H]1SC[C@@H]2NC(=O)N[C@@H]21. The number of amides is 3. The molecule has 0 aromatic carbocycles. The van der Waals surface area contributed by atoms with E-state index in [0.717, 1.165) is 5.75 Å². The number of hydrogen-bond acceptors (Lipinski definition) is 3. The van der Waals surface area contributed by atoms with Crippen LogP contribution in [0.5, 0.6) is 0 Å². The molecule has 3 atom stereocenters. The van der Waals surface area contributed by atoms with Crippen molar-refractivity contribution in [2.75, 3.05) is 12.8 Å². The number of carbonyl (C=O) groups is 2. The fourth-order valence-electron chi connectivity index (χ4n) is 1.85. The van der Waals surface area contributed by atoms with Crippen LogP contribution in [-0.2, 0) is 4.79 Å². The Morgan fingerprint density at radius 1 is 1.64 bits per heavy atom. The minimum atomic E-state index is -0.109. The maximum Gasteiger partial charge on any atom is 0.315 e. The Hall–Kier alpha value is -0.910. The van der Waals surface area contributed by atoms with Crippen LogP contribution in [0.2, 0.25) is 0 Å². The highest BCUT2D eigenvalue weighted by atomic mass is 32.2. The third-order valence-electron chi connectivity index (χ3n) is 2.60. The molecule has 14 heavy (non-hydrogen) atoms. The lowest BCUT2D eigenvalue weighted by Crippen LogP contribution is -2.39. The number of rotatable bonds is 2. The lowest BCUT2D eigenvalue weighted by atomic mass is 10.1. The molecule has 2 saturated heterocycles. The smallest absolute Gasteiger partial charge is 0.315 e. The molecule has 0 aliphatic carbocycles. The van der Waals surface area contributed by atoms with Gasteiger partial charge in [0.25, 0.3) is 0 Å². The molecule has 2 heterocycles. The molecule has 2 aliphatic rings. The molecule has 78 valence electrons. The highest BCUT2D eigenvalue weighted by molar-refractivity contribution is 8.00. The molecule has 0 unspecified atom stereocenters. The van der Waals surface area contributed by atoms with Gasteiger partial charge >= 0.3 is 6.03 Å². The molecular formula is C8H13N3O2S. The van der Waals surface area contributed by atoms with E-state index in [2.05, 4.69) is 16.0 Å². The van der Waals surface area contributed by atoms with Crippen LogP contribution in [0.1, 0.15) is 6.42 Å². The summed E-state index contributed by atoms with van der Waals surface area (Å²) in [6, 6.07) is 0.203. The molecule has 3 amide bonds. The van der Waals surface area contributed by atoms with E-state index in [4.69, 9.17) is 0 Å². The van der Waals surface area contributed by atoms with Crippen LogP contribution in [0, 0.1) is 0 Å². The van der Waals surface area contributed by atoms with Gasteiger partial charge in [-0.1, -0.05) is 0 Å². The van der Waals surface area contributed by atoms with E-state index in [0.29, 0.717) is 6.42 Å². The van der Waals surface area contributed by atoms with Crippen molar-refractivity contribution in [2.45, 2.75) is 23.8 Å². The summed E-state index contributed by atoms with van der Waals surface area (Å²) < 4.78 is 0. The lowest BCUT2D eigenvalue weighted by molar-refractivity contribution is -0.120. The van der Waals surface area contributed by atoms with Gasteiger partial charge in [-0.15, -0.1) is 0 Å². The van der Waals surface area contributed by atoms with E-state index in [-0.39, 0.29) is 29.3 Å². The number of fused-ring (bicyclic) bond motifs is 1. The maximum atomic E-state index is 11.2. The van der Waals surface area contributed by atoms with Crippen LogP contribution in [0.3, 0.4) is 0 Å². The highest BCUT2D eigenvalue weighted by Gasteiger charge is 2.43. The maximum absolute atomic E-state index is 11.2. The van der Waals surface area contributed by atoms with Crippen molar-refractivity contribution in [3.05, 3.63) is 0 Å². The largest absolute Gasteiger partial charge is 0.359 e. The average Bonchev–Trinajstić information content (AvgIpc) is 2.67. The van der Waals surface area contributed by atoms with Crippen molar-refractivity contribution in [3.8, 4) is 0 Å². The van der Waals surface area contributed by atoms with E-state index in [1.807, 2.05) is 0 Å². The minimum Gasteiger partial charge on any atom is -0.359 e. The van der Waals surface area contributed by atoms with Gasteiger partial charge in [0.05, 0.1) is 12.1 Å². The predicted octanol–water partition coefficient (Wildman–Crippen LogP) is -0.712. The predicted molar refractivity (Wildman–Crippen MR) is 54.2 cm³/mol. The van der Waals surface area contributed by atoms with Crippen LogP contribution in [0.4, 0.5) is 4.79 Å². The molecule has 0 aromatic heterocycles. The molecule has 2 rings (SSSR count). The first-order chi connectivity index (χ1) is 6.70. The monoisotopic (exact) mass is 215 g/mol. The first-order valence-electron chi connectivity index (χ1n) is 4.60. The van der Waals surface area contributed by atoms with Crippen LogP contribution < -0.4 is 16.0 Å². The van der Waals surface area contributed by atoms with E-state index >= 15 is 0 Å². The van der Waals surface area contributed by atoms with Gasteiger partial charge in [-0.3, -0.25) is 4.79 Å². The van der Waals surface area contributed by atoms with Gasteiger partial charge in [0, 0.05) is 24.5 Å². The van der Waals surface area contributed by atoms with E-state index in [1.165, 1.54) is 0 Å². The lowest BCUT2D eigenvalue weighted by Gasteiger charge is -2.15. The molecule has 0 aromatic rings. The molecule has 0 radical (unpaired) electrons. The summed E-state index contributed by atoms with van der Waals surface area (Å²) in [5, 5.41) is 8.48. The van der Waals surface area contributed by atoms with E-state index in [9.17, 15) is 9.59 Å². The summed E-state index contributed by atoms with van der Waals surface area (Å²) in [4.78, 5) is 22.2. The molecule has 2 aliphatic heterocycles. The molecule has 3 N–H and O–H groups in total. The number of hydrogen-bond donors (Lipinski definition) is 3. The topological polar surface area (TPSA) is 70.2 Å². The Balaban J connectivity index is 1.95. The summed E-state index contributed by atoms with van der Waals surface area (Å²) in [5.74, 6) is 0.926. The molecule has 0 bridgehead atoms. The standard InChI is InChI=1S/C8H13N3O2S/c1-9-6(12)2-5-7-4(3-14-5)10-8(13)11-7/h4-5,7H,2-3H2,1H3,(H,9,12)(H2,10,11,13)/t4-,5-,7-/m0/s1. The Labute approximate surface area is 86.4 Å². The van der Waals surface area contributed by atoms with Crippen molar-refractivity contribution in [1.29, 1.82) is 0 Å². The third-order valence-corrected chi connectivity index (χ3v) is 4.04. The van der Waals surface area contributed by atoms with E-state index < -0.39 is 0 Å². The van der Waals surface area contributed by atoms with Gasteiger partial charge in [-0.05, 0) is 0 Å². The number of urea groups is 1. The second-order valence-electron chi connectivity index (χ2n) is 3.50. The number of carbonyl (C=O) groups excluding carboxylic acids is 2.